The van der Waals surface area contributed by atoms with E-state index in [-0.39, 0.29) is 16.2 Å². The van der Waals surface area contributed by atoms with Crippen LogP contribution in [0.2, 0.25) is 39.3 Å². The second kappa shape index (κ2) is 9.67. The van der Waals surface area contributed by atoms with E-state index in [1.807, 2.05) is 0 Å². The highest BCUT2D eigenvalue weighted by molar-refractivity contribution is 7.58. The summed E-state index contributed by atoms with van der Waals surface area (Å²) in [6.07, 6.45) is 0. The monoisotopic (exact) mass is 482 g/mol. The minimum atomic E-state index is -1.61. The zero-order chi connectivity index (χ0) is 25.3. The maximum absolute atomic E-state index is 3.55. The molecular formula is C29H47PSi2. The topological polar surface area (TPSA) is 0 Å². The Kier molecular flexibility index (Phi) is 8.75. The van der Waals surface area contributed by atoms with Crippen LogP contribution in [0.5, 0.6) is 0 Å². The first-order valence-electron chi connectivity index (χ1n) is 11.9. The maximum Gasteiger partial charge on any atom is 0.130 e. The van der Waals surface area contributed by atoms with Crippen molar-refractivity contribution in [2.75, 3.05) is 0 Å². The van der Waals surface area contributed by atoms with Crippen molar-refractivity contribution in [2.45, 2.75) is 118 Å². The molecule has 0 aliphatic carbocycles. The minimum Gasteiger partial charge on any atom is -0.118 e. The third kappa shape index (κ3) is 8.71. The molecule has 1 aromatic rings. The van der Waals surface area contributed by atoms with E-state index >= 15 is 0 Å². The highest BCUT2D eigenvalue weighted by Gasteiger charge is 2.30. The third-order valence-electron chi connectivity index (χ3n) is 5.21. The van der Waals surface area contributed by atoms with E-state index in [1.165, 1.54) is 35.1 Å². The Labute approximate surface area is 204 Å². The van der Waals surface area contributed by atoms with Crippen LogP contribution >= 0.6 is 8.20 Å². The van der Waals surface area contributed by atoms with Crippen LogP contribution < -0.4 is 5.30 Å². The van der Waals surface area contributed by atoms with Gasteiger partial charge in [0.15, 0.2) is 0 Å². The van der Waals surface area contributed by atoms with Gasteiger partial charge in [-0.25, -0.2) is 0 Å². The summed E-state index contributed by atoms with van der Waals surface area (Å²) >= 11 is 0. The normalized spacial score (nSPS) is 13.8. The van der Waals surface area contributed by atoms with Crippen molar-refractivity contribution in [1.29, 1.82) is 0 Å². The molecule has 0 heterocycles. The van der Waals surface area contributed by atoms with Gasteiger partial charge >= 0.3 is 0 Å². The van der Waals surface area contributed by atoms with E-state index in [2.05, 4.69) is 137 Å². The fourth-order valence-electron chi connectivity index (χ4n) is 3.14. The van der Waals surface area contributed by atoms with Gasteiger partial charge in [0.1, 0.15) is 8.07 Å². The summed E-state index contributed by atoms with van der Waals surface area (Å²) in [7, 11) is -1.74. The van der Waals surface area contributed by atoms with Gasteiger partial charge in [-0.2, -0.15) is 0 Å². The van der Waals surface area contributed by atoms with Crippen molar-refractivity contribution >= 4 is 34.6 Å². The van der Waals surface area contributed by atoms with Gasteiger partial charge in [0, 0.05) is 10.2 Å². The summed E-state index contributed by atoms with van der Waals surface area (Å²) in [5, 5.41) is 1.46. The standard InChI is InChI=1S/C29H47PSi2/c1-27(2,3)22-20-23(28(4,5)6)26(24(21-22)29(7,8)9)30-25(32(13,14)15)18-16-17-19-31(10,11)12/h20-21H,1-15H3. The Morgan fingerprint density at radius 1 is 0.688 bits per heavy atom. The van der Waals surface area contributed by atoms with Crippen molar-refractivity contribution in [3.63, 3.8) is 0 Å². The summed E-state index contributed by atoms with van der Waals surface area (Å²) in [5.74, 6) is 9.96. The smallest absolute Gasteiger partial charge is 0.118 e. The molecule has 0 atom stereocenters. The number of hydrogen-bond acceptors (Lipinski definition) is 0. The largest absolute Gasteiger partial charge is 0.130 e. The first-order valence-corrected chi connectivity index (χ1v) is 19.7. The minimum absolute atomic E-state index is 0.0687. The highest BCUT2D eigenvalue weighted by atomic mass is 31.1. The Bertz CT molecular complexity index is 950. The zero-order valence-electron chi connectivity index (χ0n) is 23.6. The lowest BCUT2D eigenvalue weighted by atomic mass is 9.75. The second-order valence-corrected chi connectivity index (χ2v) is 25.4. The zero-order valence-corrected chi connectivity index (χ0v) is 26.5. The SMILES string of the molecule is CC(C)(C)c1cc(C(C)(C)C)c(P=C(C#CC#C[Si](C)(C)C)[Si](C)(C)C)c(C(C)(C)C)c1. The quantitative estimate of drug-likeness (QED) is 0.227. The molecule has 3 heteroatoms. The molecule has 0 saturated carbocycles. The van der Waals surface area contributed by atoms with Crippen molar-refractivity contribution in [1.82, 2.24) is 0 Å². The van der Waals surface area contributed by atoms with Gasteiger partial charge < -0.3 is 0 Å². The van der Waals surface area contributed by atoms with Crippen LogP contribution in [0.1, 0.15) is 79.0 Å². The molecule has 0 aromatic heterocycles. The molecule has 1 rings (SSSR count). The van der Waals surface area contributed by atoms with E-state index in [0.29, 0.717) is 0 Å². The summed E-state index contributed by atoms with van der Waals surface area (Å²) in [6, 6.07) is 4.94. The number of benzene rings is 1. The van der Waals surface area contributed by atoms with Crippen molar-refractivity contribution in [3.8, 4) is 23.3 Å². The van der Waals surface area contributed by atoms with Crippen LogP contribution in [0.25, 0.3) is 0 Å². The Hall–Kier alpha value is -1.06. The predicted molar refractivity (Wildman–Crippen MR) is 156 cm³/mol. The molecule has 1 aromatic carbocycles. The highest BCUT2D eigenvalue weighted by Crippen LogP contribution is 2.35. The summed E-state index contributed by atoms with van der Waals surface area (Å²) < 4.78 is 0. The molecule has 0 fully saturated rings. The summed E-state index contributed by atoms with van der Waals surface area (Å²) in [5.41, 5.74) is 8.00. The van der Waals surface area contributed by atoms with Crippen molar-refractivity contribution in [3.05, 3.63) is 28.8 Å². The average Bonchev–Trinajstić information content (AvgIpc) is 2.52. The number of hydrogen-bond donors (Lipinski definition) is 0. The van der Waals surface area contributed by atoms with Crippen molar-refractivity contribution in [2.24, 2.45) is 0 Å². The van der Waals surface area contributed by atoms with Gasteiger partial charge in [0.05, 0.1) is 8.07 Å². The first-order chi connectivity index (χ1) is 14.0. The molecular weight excluding hydrogens is 435 g/mol. The van der Waals surface area contributed by atoms with E-state index in [1.54, 1.807) is 0 Å². The Balaban J connectivity index is 4.03. The van der Waals surface area contributed by atoms with Crippen LogP contribution in [0.15, 0.2) is 12.1 Å². The lowest BCUT2D eigenvalue weighted by Crippen LogP contribution is -2.34. The molecule has 0 radical (unpaired) electrons. The molecule has 0 nitrogen and oxygen atoms in total. The predicted octanol–water partition coefficient (Wildman–Crippen LogP) is 8.08. The van der Waals surface area contributed by atoms with Crippen LogP contribution in [-0.4, -0.2) is 21.1 Å². The van der Waals surface area contributed by atoms with Crippen LogP contribution in [-0.2, 0) is 16.2 Å². The van der Waals surface area contributed by atoms with Gasteiger partial charge in [0.25, 0.3) is 0 Å². The van der Waals surface area contributed by atoms with Crippen LogP contribution in [0, 0.1) is 23.3 Å². The molecule has 0 N–H and O–H groups in total. The Morgan fingerprint density at radius 3 is 1.44 bits per heavy atom. The molecule has 32 heavy (non-hydrogen) atoms. The first kappa shape index (κ1) is 29.0. The second-order valence-electron chi connectivity index (χ2n) is 14.1. The lowest BCUT2D eigenvalue weighted by Gasteiger charge is -2.33. The summed E-state index contributed by atoms with van der Waals surface area (Å²) in [6.45, 7) is 35.1. The Morgan fingerprint density at radius 2 is 1.12 bits per heavy atom. The van der Waals surface area contributed by atoms with E-state index in [4.69, 9.17) is 0 Å². The molecule has 0 saturated heterocycles. The molecule has 0 bridgehead atoms. The fourth-order valence-corrected chi connectivity index (χ4v) is 7.06. The van der Waals surface area contributed by atoms with Gasteiger partial charge in [-0.1, -0.05) is 128 Å². The van der Waals surface area contributed by atoms with Gasteiger partial charge in [-0.3, -0.25) is 0 Å². The van der Waals surface area contributed by atoms with Crippen LogP contribution in [0.3, 0.4) is 0 Å². The molecule has 0 aliphatic heterocycles. The molecule has 0 spiro atoms. The van der Waals surface area contributed by atoms with E-state index < -0.39 is 16.1 Å². The molecule has 0 unspecified atom stereocenters. The van der Waals surface area contributed by atoms with E-state index in [9.17, 15) is 0 Å². The average molecular weight is 483 g/mol. The third-order valence-corrected chi connectivity index (χ3v) is 11.0. The van der Waals surface area contributed by atoms with Gasteiger partial charge in [-0.15, -0.1) is 5.54 Å². The van der Waals surface area contributed by atoms with Gasteiger partial charge in [0.2, 0.25) is 0 Å². The maximum atomic E-state index is 3.55. The molecule has 176 valence electrons. The summed E-state index contributed by atoms with van der Waals surface area (Å²) in [4.78, 5) is 1.38. The van der Waals surface area contributed by atoms with Crippen LogP contribution in [0.4, 0.5) is 0 Å². The fraction of sp³-hybridized carbons (Fsp3) is 0.621. The number of rotatable bonds is 2. The van der Waals surface area contributed by atoms with Crippen molar-refractivity contribution < 1.29 is 0 Å². The molecule has 0 amide bonds. The van der Waals surface area contributed by atoms with E-state index in [0.717, 1.165) is 0 Å². The molecule has 0 aliphatic rings. The lowest BCUT2D eigenvalue weighted by molar-refractivity contribution is 0.554. The van der Waals surface area contributed by atoms with Gasteiger partial charge in [-0.05, 0) is 44.8 Å².